The standard InChI is InChI=1S/C7H10O3S/c8-11(9,10)7-4-5-1-2-6(7)3-5/h4,6-7H,1-3H2,(H,8,9,10). The summed E-state index contributed by atoms with van der Waals surface area (Å²) >= 11 is 0. The molecular formula is C7H10O3S. The monoisotopic (exact) mass is 174 g/mol. The van der Waals surface area contributed by atoms with E-state index in [9.17, 15) is 8.42 Å². The Bertz CT molecular complexity index is 302. The van der Waals surface area contributed by atoms with Gasteiger partial charge < -0.3 is 0 Å². The van der Waals surface area contributed by atoms with Crippen molar-refractivity contribution in [1.29, 1.82) is 0 Å². The highest BCUT2D eigenvalue weighted by molar-refractivity contribution is 7.86. The summed E-state index contributed by atoms with van der Waals surface area (Å²) in [5.74, 6) is 0.167. The maximum absolute atomic E-state index is 10.7. The van der Waals surface area contributed by atoms with Crippen LogP contribution >= 0.6 is 0 Å². The van der Waals surface area contributed by atoms with Crippen molar-refractivity contribution >= 4 is 10.1 Å². The van der Waals surface area contributed by atoms with E-state index in [1.165, 1.54) is 5.57 Å². The van der Waals surface area contributed by atoms with Crippen LogP contribution in [0.4, 0.5) is 0 Å². The molecule has 1 fully saturated rings. The molecule has 0 heterocycles. The van der Waals surface area contributed by atoms with Gasteiger partial charge in [0.1, 0.15) is 5.25 Å². The largest absolute Gasteiger partial charge is 0.285 e. The SMILES string of the molecule is O=S(=O)(O)C1C=C2CCC1C2. The molecule has 2 atom stereocenters. The van der Waals surface area contributed by atoms with E-state index in [0.717, 1.165) is 19.3 Å². The number of hydrogen-bond donors (Lipinski definition) is 1. The van der Waals surface area contributed by atoms with Crippen LogP contribution in [0.15, 0.2) is 11.6 Å². The number of rotatable bonds is 1. The smallest absolute Gasteiger partial charge is 0.271 e. The first-order chi connectivity index (χ1) is 5.07. The molecule has 2 aliphatic rings. The fourth-order valence-corrected chi connectivity index (χ4v) is 3.12. The lowest BCUT2D eigenvalue weighted by Gasteiger charge is -2.13. The van der Waals surface area contributed by atoms with Gasteiger partial charge in [0.25, 0.3) is 10.1 Å². The van der Waals surface area contributed by atoms with E-state index < -0.39 is 15.4 Å². The van der Waals surface area contributed by atoms with Crippen LogP contribution in [0, 0.1) is 5.92 Å². The quantitative estimate of drug-likeness (QED) is 0.476. The van der Waals surface area contributed by atoms with Crippen molar-refractivity contribution in [3.8, 4) is 0 Å². The first kappa shape index (κ1) is 7.31. The number of fused-ring (bicyclic) bond motifs is 2. The molecule has 1 saturated carbocycles. The second-order valence-electron chi connectivity index (χ2n) is 3.31. The molecule has 11 heavy (non-hydrogen) atoms. The summed E-state index contributed by atoms with van der Waals surface area (Å²) in [5.41, 5.74) is 1.21. The molecule has 0 radical (unpaired) electrons. The third kappa shape index (κ3) is 1.10. The molecule has 0 saturated heterocycles. The van der Waals surface area contributed by atoms with Gasteiger partial charge in [0.15, 0.2) is 0 Å². The van der Waals surface area contributed by atoms with Crippen LogP contribution < -0.4 is 0 Å². The Hall–Kier alpha value is -0.350. The molecule has 2 aliphatic carbocycles. The molecule has 2 unspecified atom stereocenters. The Balaban J connectivity index is 2.34. The van der Waals surface area contributed by atoms with Crippen molar-refractivity contribution in [2.75, 3.05) is 0 Å². The molecule has 3 nitrogen and oxygen atoms in total. The summed E-state index contributed by atoms with van der Waals surface area (Å²) in [6, 6.07) is 0. The summed E-state index contributed by atoms with van der Waals surface area (Å²) in [6.45, 7) is 0. The summed E-state index contributed by atoms with van der Waals surface area (Å²) in [4.78, 5) is 0. The van der Waals surface area contributed by atoms with Crippen molar-refractivity contribution in [3.05, 3.63) is 11.6 Å². The normalized spacial score (nSPS) is 35.9. The van der Waals surface area contributed by atoms with Gasteiger partial charge in [-0.25, -0.2) is 0 Å². The van der Waals surface area contributed by atoms with Gasteiger partial charge in [0.05, 0.1) is 0 Å². The van der Waals surface area contributed by atoms with Gasteiger partial charge in [-0.2, -0.15) is 8.42 Å². The van der Waals surface area contributed by atoms with Crippen LogP contribution in [0.1, 0.15) is 19.3 Å². The van der Waals surface area contributed by atoms with E-state index in [1.54, 1.807) is 6.08 Å². The molecule has 4 heteroatoms. The Morgan fingerprint density at radius 2 is 2.27 bits per heavy atom. The third-order valence-electron chi connectivity index (χ3n) is 2.57. The van der Waals surface area contributed by atoms with Gasteiger partial charge in [-0.1, -0.05) is 11.6 Å². The van der Waals surface area contributed by atoms with Crippen molar-refractivity contribution < 1.29 is 13.0 Å². The summed E-state index contributed by atoms with van der Waals surface area (Å²) in [6.07, 6.45) is 4.54. The average molecular weight is 174 g/mol. The van der Waals surface area contributed by atoms with Gasteiger partial charge in [-0.05, 0) is 25.2 Å². The van der Waals surface area contributed by atoms with Crippen molar-refractivity contribution in [1.82, 2.24) is 0 Å². The predicted octanol–water partition coefficient (Wildman–Crippen LogP) is 0.983. The summed E-state index contributed by atoms with van der Waals surface area (Å²) in [7, 11) is -3.81. The van der Waals surface area contributed by atoms with Gasteiger partial charge in [0, 0.05) is 0 Å². The van der Waals surface area contributed by atoms with Gasteiger partial charge in [-0.15, -0.1) is 0 Å². The lowest BCUT2D eigenvalue weighted by Crippen LogP contribution is -2.24. The van der Waals surface area contributed by atoms with Gasteiger partial charge in [0.2, 0.25) is 0 Å². The van der Waals surface area contributed by atoms with Crippen LogP contribution in [0.25, 0.3) is 0 Å². The van der Waals surface area contributed by atoms with E-state index >= 15 is 0 Å². The molecule has 0 aromatic rings. The van der Waals surface area contributed by atoms with Crippen molar-refractivity contribution in [2.45, 2.75) is 24.5 Å². The molecule has 0 aromatic carbocycles. The van der Waals surface area contributed by atoms with E-state index in [-0.39, 0.29) is 5.92 Å². The van der Waals surface area contributed by atoms with Crippen LogP contribution in [-0.4, -0.2) is 18.2 Å². The van der Waals surface area contributed by atoms with E-state index in [4.69, 9.17) is 4.55 Å². The first-order valence-electron chi connectivity index (χ1n) is 3.73. The molecule has 1 N–H and O–H groups in total. The molecule has 2 bridgehead atoms. The minimum atomic E-state index is -3.81. The fourth-order valence-electron chi connectivity index (χ4n) is 2.04. The highest BCUT2D eigenvalue weighted by Gasteiger charge is 2.39. The molecule has 0 aliphatic heterocycles. The fraction of sp³-hybridized carbons (Fsp3) is 0.714. The zero-order valence-electron chi connectivity index (χ0n) is 6.03. The summed E-state index contributed by atoms with van der Waals surface area (Å²) < 4.78 is 30.2. The van der Waals surface area contributed by atoms with E-state index in [2.05, 4.69) is 0 Å². The topological polar surface area (TPSA) is 54.4 Å². The maximum Gasteiger partial charge on any atom is 0.271 e. The van der Waals surface area contributed by atoms with E-state index in [1.807, 2.05) is 0 Å². The third-order valence-corrected chi connectivity index (χ3v) is 3.78. The van der Waals surface area contributed by atoms with Crippen LogP contribution in [-0.2, 0) is 10.1 Å². The highest BCUT2D eigenvalue weighted by Crippen LogP contribution is 2.42. The van der Waals surface area contributed by atoms with E-state index in [0.29, 0.717) is 0 Å². The number of hydrogen-bond acceptors (Lipinski definition) is 2. The highest BCUT2D eigenvalue weighted by atomic mass is 32.2. The van der Waals surface area contributed by atoms with Crippen molar-refractivity contribution in [2.24, 2.45) is 5.92 Å². The zero-order chi connectivity index (χ0) is 8.06. The van der Waals surface area contributed by atoms with Crippen LogP contribution in [0.3, 0.4) is 0 Å². The second kappa shape index (κ2) is 2.08. The van der Waals surface area contributed by atoms with Gasteiger partial charge >= 0.3 is 0 Å². The minimum Gasteiger partial charge on any atom is -0.285 e. The second-order valence-corrected chi connectivity index (χ2v) is 4.88. The molecule has 0 spiro atoms. The maximum atomic E-state index is 10.7. The lowest BCUT2D eigenvalue weighted by atomic mass is 10.1. The molecule has 62 valence electrons. The molecule has 2 rings (SSSR count). The lowest BCUT2D eigenvalue weighted by molar-refractivity contribution is 0.448. The Labute approximate surface area is 65.9 Å². The molecule has 0 amide bonds. The van der Waals surface area contributed by atoms with Crippen LogP contribution in [0.2, 0.25) is 0 Å². The minimum absolute atomic E-state index is 0.167. The number of allylic oxidation sites excluding steroid dienone is 1. The predicted molar refractivity (Wildman–Crippen MR) is 40.8 cm³/mol. The first-order valence-corrected chi connectivity index (χ1v) is 5.23. The Morgan fingerprint density at radius 1 is 1.55 bits per heavy atom. The van der Waals surface area contributed by atoms with Crippen molar-refractivity contribution in [3.63, 3.8) is 0 Å². The summed E-state index contributed by atoms with van der Waals surface area (Å²) in [5, 5.41) is -0.591. The molecular weight excluding hydrogens is 164 g/mol. The van der Waals surface area contributed by atoms with Crippen LogP contribution in [0.5, 0.6) is 0 Å². The van der Waals surface area contributed by atoms with Gasteiger partial charge in [-0.3, -0.25) is 4.55 Å². The Kier molecular flexibility index (Phi) is 1.38. The molecule has 0 aromatic heterocycles. The zero-order valence-corrected chi connectivity index (χ0v) is 6.84. The average Bonchev–Trinajstić information content (AvgIpc) is 2.42. The Morgan fingerprint density at radius 3 is 2.55 bits per heavy atom.